The number of quaternary nitrogens is 1. The molecule has 1 amide bonds. The van der Waals surface area contributed by atoms with Gasteiger partial charge in [0.1, 0.15) is 11.9 Å². The third-order valence-corrected chi connectivity index (χ3v) is 3.08. The molecular weight excluding hydrogens is 275 g/mol. The Kier molecular flexibility index (Phi) is 7.39. The van der Waals surface area contributed by atoms with Crippen LogP contribution < -0.4 is 15.7 Å². The molecule has 0 aliphatic rings. The summed E-state index contributed by atoms with van der Waals surface area (Å²) in [6, 6.07) is 4.53. The molecule has 0 heterocycles. The van der Waals surface area contributed by atoms with Crippen LogP contribution in [0.15, 0.2) is 24.3 Å². The van der Waals surface area contributed by atoms with Gasteiger partial charge in [0.05, 0.1) is 18.9 Å². The first-order valence-corrected chi connectivity index (χ1v) is 7.12. The molecule has 6 heteroatoms. The molecule has 1 rings (SSSR count). The maximum absolute atomic E-state index is 13.0. The average Bonchev–Trinajstić information content (AvgIpc) is 2.42. The van der Waals surface area contributed by atoms with Crippen molar-refractivity contribution < 1.29 is 24.4 Å². The van der Waals surface area contributed by atoms with Crippen LogP contribution in [0.3, 0.4) is 0 Å². The normalized spacial score (nSPS) is 11.9. The van der Waals surface area contributed by atoms with Crippen molar-refractivity contribution >= 4 is 17.6 Å². The summed E-state index contributed by atoms with van der Waals surface area (Å²) in [5, 5.41) is 15.1. The first-order chi connectivity index (χ1) is 10.0. The number of carboxylic acid groups (broad SMARTS) is 1. The monoisotopic (exact) mass is 296 g/mol. The second kappa shape index (κ2) is 9.07. The number of rotatable bonds is 9. The van der Waals surface area contributed by atoms with E-state index in [1.807, 2.05) is 0 Å². The van der Waals surface area contributed by atoms with Crippen LogP contribution in [-0.4, -0.2) is 24.5 Å². The van der Waals surface area contributed by atoms with Crippen molar-refractivity contribution in [3.05, 3.63) is 30.1 Å². The van der Waals surface area contributed by atoms with Crippen LogP contribution in [0.4, 0.5) is 10.1 Å². The van der Waals surface area contributed by atoms with Gasteiger partial charge in [0.25, 0.3) is 0 Å². The Hall–Kier alpha value is -1.95. The van der Waals surface area contributed by atoms with Gasteiger partial charge in [-0.2, -0.15) is 0 Å². The van der Waals surface area contributed by atoms with E-state index in [1.54, 1.807) is 11.4 Å². The molecule has 0 saturated heterocycles. The number of unbranched alkanes of at least 4 members (excludes halogenated alkanes) is 2. The van der Waals surface area contributed by atoms with Crippen LogP contribution in [0.5, 0.6) is 0 Å². The second-order valence-corrected chi connectivity index (χ2v) is 4.92. The highest BCUT2D eigenvalue weighted by molar-refractivity contribution is 5.93. The number of benzene rings is 1. The Balaban J connectivity index is 2.46. The van der Waals surface area contributed by atoms with Crippen LogP contribution in [0.25, 0.3) is 0 Å². The van der Waals surface area contributed by atoms with E-state index in [9.17, 15) is 19.1 Å². The minimum atomic E-state index is -1.26. The summed E-state index contributed by atoms with van der Waals surface area (Å²) >= 11 is 0. The van der Waals surface area contributed by atoms with Gasteiger partial charge in [0.2, 0.25) is 5.91 Å². The third kappa shape index (κ3) is 6.85. The molecular formula is C15H21FN2O3. The van der Waals surface area contributed by atoms with E-state index >= 15 is 0 Å². The average molecular weight is 296 g/mol. The van der Waals surface area contributed by atoms with Crippen LogP contribution in [-0.2, 0) is 9.59 Å². The predicted molar refractivity (Wildman–Crippen MR) is 74.8 cm³/mol. The van der Waals surface area contributed by atoms with Crippen molar-refractivity contribution in [1.29, 1.82) is 0 Å². The van der Waals surface area contributed by atoms with E-state index in [-0.39, 0.29) is 6.42 Å². The number of nitrogens with two attached hydrogens (primary N) is 1. The zero-order valence-electron chi connectivity index (χ0n) is 12.1. The lowest BCUT2D eigenvalue weighted by Crippen LogP contribution is -2.93. The highest BCUT2D eigenvalue weighted by atomic mass is 19.1. The summed E-state index contributed by atoms with van der Waals surface area (Å²) in [5.41, 5.74) is 0.308. The molecule has 0 spiro atoms. The first kappa shape index (κ1) is 17.1. The zero-order chi connectivity index (χ0) is 15.7. The van der Waals surface area contributed by atoms with E-state index in [0.717, 1.165) is 19.3 Å². The Labute approximate surface area is 123 Å². The molecule has 3 N–H and O–H groups in total. The van der Waals surface area contributed by atoms with E-state index in [0.29, 0.717) is 12.2 Å². The van der Waals surface area contributed by atoms with Gasteiger partial charge < -0.3 is 20.5 Å². The van der Waals surface area contributed by atoms with Gasteiger partial charge in [-0.15, -0.1) is 0 Å². The third-order valence-electron chi connectivity index (χ3n) is 3.08. The number of nitrogens with one attached hydrogen (secondary N) is 1. The summed E-state index contributed by atoms with van der Waals surface area (Å²) in [5.74, 6) is -2.20. The van der Waals surface area contributed by atoms with Crippen molar-refractivity contribution in [2.75, 3.05) is 11.9 Å². The number of amides is 1. The molecule has 21 heavy (non-hydrogen) atoms. The number of anilines is 1. The van der Waals surface area contributed by atoms with Crippen LogP contribution >= 0.6 is 0 Å². The Morgan fingerprint density at radius 1 is 1.38 bits per heavy atom. The SMILES string of the molecule is CCCCC[NH2+][C@H](CC(=O)Nc1cccc(F)c1)C(=O)[O-]. The van der Waals surface area contributed by atoms with Crippen molar-refractivity contribution in [2.45, 2.75) is 38.6 Å². The lowest BCUT2D eigenvalue weighted by Gasteiger charge is -2.16. The molecule has 1 aromatic rings. The molecule has 0 aliphatic carbocycles. The summed E-state index contributed by atoms with van der Waals surface area (Å²) in [6.07, 6.45) is 2.76. The molecule has 0 radical (unpaired) electrons. The quantitative estimate of drug-likeness (QED) is 0.630. The van der Waals surface area contributed by atoms with Crippen molar-refractivity contribution in [3.8, 4) is 0 Å². The molecule has 0 fully saturated rings. The van der Waals surface area contributed by atoms with Gasteiger partial charge in [-0.3, -0.25) is 4.79 Å². The fourth-order valence-corrected chi connectivity index (χ4v) is 1.95. The predicted octanol–water partition coefficient (Wildman–Crippen LogP) is 0.0264. The first-order valence-electron chi connectivity index (χ1n) is 7.12. The van der Waals surface area contributed by atoms with E-state index in [1.165, 1.54) is 18.2 Å². The smallest absolute Gasteiger partial charge is 0.230 e. The topological polar surface area (TPSA) is 85.8 Å². The van der Waals surface area contributed by atoms with Gasteiger partial charge in [-0.1, -0.05) is 19.4 Å². The lowest BCUT2D eigenvalue weighted by atomic mass is 10.1. The molecule has 0 aliphatic heterocycles. The van der Waals surface area contributed by atoms with Crippen LogP contribution in [0.2, 0.25) is 0 Å². The van der Waals surface area contributed by atoms with E-state index in [2.05, 4.69) is 12.2 Å². The van der Waals surface area contributed by atoms with Gasteiger partial charge in [0.15, 0.2) is 0 Å². The minimum Gasteiger partial charge on any atom is -0.544 e. The highest BCUT2D eigenvalue weighted by Crippen LogP contribution is 2.09. The summed E-state index contributed by atoms with van der Waals surface area (Å²) < 4.78 is 13.0. The maximum atomic E-state index is 13.0. The Morgan fingerprint density at radius 3 is 2.76 bits per heavy atom. The second-order valence-electron chi connectivity index (χ2n) is 4.92. The fraction of sp³-hybridized carbons (Fsp3) is 0.467. The molecule has 0 saturated carbocycles. The molecule has 0 bridgehead atoms. The molecule has 0 aromatic heterocycles. The van der Waals surface area contributed by atoms with Gasteiger partial charge in [-0.05, 0) is 31.0 Å². The van der Waals surface area contributed by atoms with E-state index < -0.39 is 23.7 Å². The largest absolute Gasteiger partial charge is 0.544 e. The van der Waals surface area contributed by atoms with Crippen LogP contribution in [0.1, 0.15) is 32.6 Å². The number of hydrogen-bond donors (Lipinski definition) is 2. The van der Waals surface area contributed by atoms with Crippen molar-refractivity contribution in [2.24, 2.45) is 0 Å². The number of carbonyl (C=O) groups excluding carboxylic acids is 2. The summed E-state index contributed by atoms with van der Waals surface area (Å²) in [6.45, 7) is 2.70. The number of aliphatic carboxylic acids is 1. The number of halogens is 1. The number of carbonyl (C=O) groups is 2. The van der Waals surface area contributed by atoms with Crippen molar-refractivity contribution in [1.82, 2.24) is 0 Å². The van der Waals surface area contributed by atoms with Crippen LogP contribution in [0, 0.1) is 5.82 Å². The molecule has 0 unspecified atom stereocenters. The molecule has 5 nitrogen and oxygen atoms in total. The number of carboxylic acids is 1. The zero-order valence-corrected chi connectivity index (χ0v) is 12.1. The van der Waals surface area contributed by atoms with Gasteiger partial charge in [-0.25, -0.2) is 4.39 Å². The highest BCUT2D eigenvalue weighted by Gasteiger charge is 2.18. The molecule has 1 aromatic carbocycles. The van der Waals surface area contributed by atoms with E-state index in [4.69, 9.17) is 0 Å². The fourth-order valence-electron chi connectivity index (χ4n) is 1.95. The Morgan fingerprint density at radius 2 is 2.14 bits per heavy atom. The summed E-state index contributed by atoms with van der Waals surface area (Å²) in [7, 11) is 0. The van der Waals surface area contributed by atoms with Gasteiger partial charge >= 0.3 is 0 Å². The molecule has 1 atom stereocenters. The minimum absolute atomic E-state index is 0.203. The standard InChI is InChI=1S/C15H21FN2O3/c1-2-3-4-8-17-13(15(20)21)10-14(19)18-12-7-5-6-11(16)9-12/h5-7,9,13,17H,2-4,8,10H2,1H3,(H,18,19)(H,20,21)/t13-/m1/s1. The molecule has 116 valence electrons. The maximum Gasteiger partial charge on any atom is 0.230 e. The van der Waals surface area contributed by atoms with Crippen molar-refractivity contribution in [3.63, 3.8) is 0 Å². The Bertz CT molecular complexity index is 480. The summed E-state index contributed by atoms with van der Waals surface area (Å²) in [4.78, 5) is 22.8. The number of hydrogen-bond acceptors (Lipinski definition) is 3. The lowest BCUT2D eigenvalue weighted by molar-refractivity contribution is -0.682. The van der Waals surface area contributed by atoms with Gasteiger partial charge in [0, 0.05) is 5.69 Å².